The molecule has 2 aromatic heterocycles. The van der Waals surface area contributed by atoms with Crippen LogP contribution in [0.1, 0.15) is 12.8 Å². The maximum atomic E-state index is 13.3. The number of aromatic nitrogens is 3. The average Bonchev–Trinajstić information content (AvgIpc) is 3.45. The number of halogens is 1. The average molecular weight is 453 g/mol. The fraction of sp³-hybridized carbons (Fsp3) is 0.182. The lowest BCUT2D eigenvalue weighted by molar-refractivity contribution is 0.415. The topological polar surface area (TPSA) is 60.6 Å². The number of ether oxygens (including phenoxy) is 1. The maximum Gasteiger partial charge on any atom is 0.283 e. The molecule has 1 aliphatic heterocycles. The minimum atomic E-state index is -0.0422. The summed E-state index contributed by atoms with van der Waals surface area (Å²) in [5, 5.41) is 4.04. The SMILES string of the molecule is Br.COc1ccc(-c2cn3c(n2)/c(=C2\CCCN2)c(=O)n3-c2ccccc2)cc1. The standard InChI is InChI=1S/C22H20N4O2.BrH/c1-28-17-11-9-15(10-12-17)19-14-25-21(24-19)20(18-8-5-13-23-18)22(27)26(25)16-6-3-2-4-7-16;/h2-4,6-7,9-12,14,23H,5,8,13H2,1H3;1H/b20-18-;. The van der Waals surface area contributed by atoms with E-state index in [4.69, 9.17) is 9.72 Å². The Labute approximate surface area is 178 Å². The van der Waals surface area contributed by atoms with Crippen LogP contribution in [0.3, 0.4) is 0 Å². The van der Waals surface area contributed by atoms with Crippen molar-refractivity contribution in [1.82, 2.24) is 19.5 Å². The van der Waals surface area contributed by atoms with Crippen molar-refractivity contribution in [3.63, 3.8) is 0 Å². The summed E-state index contributed by atoms with van der Waals surface area (Å²) in [6.07, 6.45) is 3.82. The Morgan fingerprint density at radius 1 is 1.07 bits per heavy atom. The van der Waals surface area contributed by atoms with Gasteiger partial charge in [-0.05, 0) is 49.2 Å². The zero-order valence-corrected chi connectivity index (χ0v) is 17.7. The zero-order valence-electron chi connectivity index (χ0n) is 16.0. The van der Waals surface area contributed by atoms with Crippen molar-refractivity contribution in [3.05, 3.63) is 76.4 Å². The summed E-state index contributed by atoms with van der Waals surface area (Å²) in [4.78, 5) is 18.1. The van der Waals surface area contributed by atoms with Gasteiger partial charge >= 0.3 is 0 Å². The highest BCUT2D eigenvalue weighted by atomic mass is 79.9. The van der Waals surface area contributed by atoms with Crippen LogP contribution in [0.15, 0.2) is 65.6 Å². The van der Waals surface area contributed by atoms with E-state index >= 15 is 0 Å². The molecule has 1 fully saturated rings. The van der Waals surface area contributed by atoms with Gasteiger partial charge in [0.2, 0.25) is 0 Å². The van der Waals surface area contributed by atoms with E-state index in [0.717, 1.165) is 47.8 Å². The Hall–Kier alpha value is -3.06. The van der Waals surface area contributed by atoms with Crippen LogP contribution in [-0.4, -0.2) is 27.8 Å². The third kappa shape index (κ3) is 3.21. The number of hydrogen-bond acceptors (Lipinski definition) is 4. The van der Waals surface area contributed by atoms with Crippen LogP contribution in [0.25, 0.3) is 28.3 Å². The van der Waals surface area contributed by atoms with Gasteiger partial charge in [0.15, 0.2) is 5.65 Å². The van der Waals surface area contributed by atoms with Gasteiger partial charge in [-0.3, -0.25) is 4.79 Å². The molecular formula is C22H21BrN4O2. The van der Waals surface area contributed by atoms with E-state index in [-0.39, 0.29) is 22.5 Å². The Bertz CT molecular complexity index is 1250. The molecule has 0 saturated carbocycles. The molecule has 7 heteroatoms. The third-order valence-electron chi connectivity index (χ3n) is 5.16. The molecule has 1 N–H and O–H groups in total. The van der Waals surface area contributed by atoms with Gasteiger partial charge < -0.3 is 10.1 Å². The summed E-state index contributed by atoms with van der Waals surface area (Å²) in [6.45, 7) is 0.892. The van der Waals surface area contributed by atoms with E-state index in [1.165, 1.54) is 0 Å². The Morgan fingerprint density at radius 3 is 2.48 bits per heavy atom. The van der Waals surface area contributed by atoms with Crippen LogP contribution in [0.5, 0.6) is 5.75 Å². The lowest BCUT2D eigenvalue weighted by Crippen LogP contribution is -2.32. The number of nitrogens with one attached hydrogen (secondary N) is 1. The minimum Gasteiger partial charge on any atom is -0.497 e. The van der Waals surface area contributed by atoms with E-state index in [9.17, 15) is 4.79 Å². The molecule has 0 spiro atoms. The molecule has 4 aromatic rings. The molecule has 148 valence electrons. The number of imidazole rings is 1. The monoisotopic (exact) mass is 452 g/mol. The van der Waals surface area contributed by atoms with E-state index < -0.39 is 0 Å². The number of nitrogens with zero attached hydrogens (tertiary/aromatic N) is 3. The summed E-state index contributed by atoms with van der Waals surface area (Å²) < 4.78 is 8.80. The fourth-order valence-corrected chi connectivity index (χ4v) is 3.78. The molecule has 29 heavy (non-hydrogen) atoms. The Balaban J connectivity index is 0.00000205. The van der Waals surface area contributed by atoms with E-state index in [1.54, 1.807) is 11.8 Å². The van der Waals surface area contributed by atoms with Gasteiger partial charge in [0.25, 0.3) is 5.56 Å². The summed E-state index contributed by atoms with van der Waals surface area (Å²) in [5.41, 5.74) is 4.25. The van der Waals surface area contributed by atoms with E-state index in [1.807, 2.05) is 65.3 Å². The van der Waals surface area contributed by atoms with Crippen LogP contribution in [0.2, 0.25) is 0 Å². The number of rotatable bonds is 3. The van der Waals surface area contributed by atoms with E-state index in [0.29, 0.717) is 10.9 Å². The smallest absolute Gasteiger partial charge is 0.283 e. The molecule has 0 amide bonds. The van der Waals surface area contributed by atoms with Crippen molar-refractivity contribution >= 4 is 28.3 Å². The van der Waals surface area contributed by atoms with Crippen LogP contribution in [0, 0.1) is 0 Å². The van der Waals surface area contributed by atoms with Crippen LogP contribution in [0.4, 0.5) is 0 Å². The normalized spacial score (nSPS) is 15.2. The number of hydrogen-bond donors (Lipinski definition) is 1. The number of para-hydroxylation sites is 1. The van der Waals surface area contributed by atoms with Crippen LogP contribution >= 0.6 is 17.0 Å². The Morgan fingerprint density at radius 2 is 1.83 bits per heavy atom. The first-order chi connectivity index (χ1) is 13.8. The maximum absolute atomic E-state index is 13.3. The summed E-state index contributed by atoms with van der Waals surface area (Å²) in [7, 11) is 1.65. The van der Waals surface area contributed by atoms with Crippen LogP contribution in [-0.2, 0) is 0 Å². The van der Waals surface area contributed by atoms with Crippen molar-refractivity contribution in [2.75, 3.05) is 13.7 Å². The van der Waals surface area contributed by atoms with Crippen molar-refractivity contribution in [2.45, 2.75) is 12.8 Å². The number of methoxy groups -OCH3 is 1. The first-order valence-electron chi connectivity index (χ1n) is 9.37. The lowest BCUT2D eigenvalue weighted by Gasteiger charge is -2.03. The molecule has 1 saturated heterocycles. The van der Waals surface area contributed by atoms with Gasteiger partial charge in [-0.2, -0.15) is 0 Å². The van der Waals surface area contributed by atoms with Gasteiger partial charge in [-0.1, -0.05) is 18.2 Å². The first kappa shape index (κ1) is 19.3. The first-order valence-corrected chi connectivity index (χ1v) is 9.37. The number of benzene rings is 2. The zero-order chi connectivity index (χ0) is 19.1. The molecule has 1 aliphatic rings. The molecule has 0 unspecified atom stereocenters. The third-order valence-corrected chi connectivity index (χ3v) is 5.16. The van der Waals surface area contributed by atoms with Crippen LogP contribution < -0.4 is 20.8 Å². The molecule has 2 aromatic carbocycles. The van der Waals surface area contributed by atoms with Gasteiger partial charge in [-0.25, -0.2) is 14.2 Å². The fourth-order valence-electron chi connectivity index (χ4n) is 3.78. The van der Waals surface area contributed by atoms with E-state index in [2.05, 4.69) is 5.32 Å². The van der Waals surface area contributed by atoms with Gasteiger partial charge in [-0.15, -0.1) is 17.0 Å². The molecule has 0 radical (unpaired) electrons. The molecule has 0 atom stereocenters. The summed E-state index contributed by atoms with van der Waals surface area (Å²) in [5.74, 6) is 0.801. The second-order valence-corrected chi connectivity index (χ2v) is 6.86. The second kappa shape index (κ2) is 7.75. The molecule has 3 heterocycles. The molecule has 6 nitrogen and oxygen atoms in total. The molecule has 0 bridgehead atoms. The lowest BCUT2D eigenvalue weighted by atomic mass is 10.2. The van der Waals surface area contributed by atoms with Gasteiger partial charge in [0, 0.05) is 17.8 Å². The Kier molecular flexibility index (Phi) is 5.15. The summed E-state index contributed by atoms with van der Waals surface area (Å²) >= 11 is 0. The number of fused-ring (bicyclic) bond motifs is 1. The largest absolute Gasteiger partial charge is 0.497 e. The highest BCUT2D eigenvalue weighted by Gasteiger charge is 2.20. The predicted molar refractivity (Wildman–Crippen MR) is 119 cm³/mol. The van der Waals surface area contributed by atoms with Gasteiger partial charge in [0.1, 0.15) is 11.0 Å². The molecule has 5 rings (SSSR count). The second-order valence-electron chi connectivity index (χ2n) is 6.86. The molecular weight excluding hydrogens is 432 g/mol. The molecule has 0 aliphatic carbocycles. The highest BCUT2D eigenvalue weighted by Crippen LogP contribution is 2.22. The van der Waals surface area contributed by atoms with Crippen molar-refractivity contribution in [1.29, 1.82) is 0 Å². The summed E-state index contributed by atoms with van der Waals surface area (Å²) in [6, 6.07) is 17.5. The quantitative estimate of drug-likeness (QED) is 0.519. The van der Waals surface area contributed by atoms with Gasteiger partial charge in [0.05, 0.1) is 24.7 Å². The highest BCUT2D eigenvalue weighted by molar-refractivity contribution is 8.93. The van der Waals surface area contributed by atoms with Crippen molar-refractivity contribution in [2.24, 2.45) is 0 Å². The van der Waals surface area contributed by atoms with Crippen molar-refractivity contribution in [3.8, 4) is 22.7 Å². The predicted octanol–water partition coefficient (Wildman–Crippen LogP) is 2.95. The van der Waals surface area contributed by atoms with Crippen molar-refractivity contribution < 1.29 is 4.74 Å². The minimum absolute atomic E-state index is 0.